The number of hydrogen-bond acceptors (Lipinski definition) is 3. The van der Waals surface area contributed by atoms with Crippen LogP contribution in [0.2, 0.25) is 0 Å². The van der Waals surface area contributed by atoms with Gasteiger partial charge in [-0.2, -0.15) is 17.7 Å². The van der Waals surface area contributed by atoms with Crippen molar-refractivity contribution in [3.8, 4) is 0 Å². The fraction of sp³-hybridized carbons (Fsp3) is 0.273. The van der Waals surface area contributed by atoms with E-state index in [0.717, 1.165) is 17.5 Å². The molecule has 1 amide bonds. The molecule has 32 heavy (non-hydrogen) atoms. The monoisotopic (exact) mass is 443 g/mol. The van der Waals surface area contributed by atoms with E-state index in [1.165, 1.54) is 4.90 Å². The Balaban J connectivity index is 1.68. The third-order valence-electron chi connectivity index (χ3n) is 5.58. The molecule has 2 aromatic carbocycles. The number of amides is 1. The summed E-state index contributed by atoms with van der Waals surface area (Å²) in [7, 11) is 1.78. The summed E-state index contributed by atoms with van der Waals surface area (Å²) in [4.78, 5) is 25.5. The van der Waals surface area contributed by atoms with Crippen LogP contribution in [0.25, 0.3) is 0 Å². The lowest BCUT2D eigenvalue weighted by Gasteiger charge is -2.19. The lowest BCUT2D eigenvalue weighted by atomic mass is 9.97. The van der Waals surface area contributed by atoms with Crippen LogP contribution in [0.4, 0.5) is 18.9 Å². The molecule has 4 rings (SSSR count). The van der Waals surface area contributed by atoms with Crippen molar-refractivity contribution >= 4 is 17.6 Å². The van der Waals surface area contributed by atoms with Gasteiger partial charge in [0.15, 0.2) is 0 Å². The number of carboxylic acids is 1. The number of alkyl halides is 3. The van der Waals surface area contributed by atoms with Gasteiger partial charge in [0.25, 0.3) is 11.7 Å². The highest BCUT2D eigenvalue weighted by Crippen LogP contribution is 2.40. The number of carbonyl (C=O) groups is 2. The Kier molecular flexibility index (Phi) is 5.12. The van der Waals surface area contributed by atoms with E-state index in [9.17, 15) is 27.9 Å². The average Bonchev–Trinajstić information content (AvgIpc) is 3.29. The Labute approximate surface area is 181 Å². The predicted octanol–water partition coefficient (Wildman–Crippen LogP) is 3.04. The summed E-state index contributed by atoms with van der Waals surface area (Å²) in [6.45, 7) is 1.67. The number of carbonyl (C=O) groups excluding carboxylic acids is 1. The summed E-state index contributed by atoms with van der Waals surface area (Å²) in [5.74, 6) is -1.47. The minimum absolute atomic E-state index is 0.00400. The second-order valence-electron chi connectivity index (χ2n) is 7.72. The van der Waals surface area contributed by atoms with Gasteiger partial charge in [-0.3, -0.25) is 4.79 Å². The molecule has 0 aliphatic carbocycles. The third-order valence-corrected chi connectivity index (χ3v) is 5.58. The maximum Gasteiger partial charge on any atom is 0.417 e. The van der Waals surface area contributed by atoms with Gasteiger partial charge in [0.05, 0.1) is 29.8 Å². The maximum atomic E-state index is 13.6. The molecule has 164 valence electrons. The van der Waals surface area contributed by atoms with Gasteiger partial charge in [-0.25, -0.2) is 4.79 Å². The number of anilines is 1. The Bertz CT molecular complexity index is 1220. The lowest BCUT2D eigenvalue weighted by molar-refractivity contribution is -0.374. The average molecular weight is 443 g/mol. The SMILES string of the molecule is C[C@H](Cc1n[n+]#cn1C)c1cccc(N2Cc3c(cc(C(=O)O)cc3C(F)(F)F)C2=O)c1. The molecular formula is C22H18F3N4O3+. The first-order valence-electron chi connectivity index (χ1n) is 9.71. The molecule has 7 nitrogen and oxygen atoms in total. The molecule has 0 radical (unpaired) electrons. The van der Waals surface area contributed by atoms with Crippen LogP contribution in [-0.2, 0) is 26.2 Å². The van der Waals surface area contributed by atoms with Gasteiger partial charge in [0.1, 0.15) is 0 Å². The standard InChI is InChI=1S/C22H17F3N4O3/c1-12(6-19-27-26-11-28(19)2)13-4-3-5-15(7-13)29-10-17-16(20(29)30)8-14(21(31)32)9-18(17)22(23,24)25/h3-5,7-9,12H,6,10H2,1-2H3/p+1/t12-/m1/s1. The number of nitrogens with zero attached hydrogens (tertiary/aromatic N) is 4. The molecular weight excluding hydrogens is 425 g/mol. The largest absolute Gasteiger partial charge is 0.478 e. The summed E-state index contributed by atoms with van der Waals surface area (Å²) >= 11 is 0. The number of benzene rings is 2. The minimum atomic E-state index is -4.78. The van der Waals surface area contributed by atoms with Crippen molar-refractivity contribution < 1.29 is 33.0 Å². The highest BCUT2D eigenvalue weighted by molar-refractivity contribution is 6.11. The molecule has 1 atom stereocenters. The highest BCUT2D eigenvalue weighted by atomic mass is 19.4. The highest BCUT2D eigenvalue weighted by Gasteiger charge is 2.41. The van der Waals surface area contributed by atoms with Crippen molar-refractivity contribution in [1.29, 1.82) is 0 Å². The van der Waals surface area contributed by atoms with E-state index in [2.05, 4.69) is 16.5 Å². The lowest BCUT2D eigenvalue weighted by Crippen LogP contribution is -2.23. The van der Waals surface area contributed by atoms with Gasteiger partial charge in [-0.1, -0.05) is 19.1 Å². The number of halogens is 3. The zero-order valence-corrected chi connectivity index (χ0v) is 17.1. The van der Waals surface area contributed by atoms with E-state index in [4.69, 9.17) is 0 Å². The summed E-state index contributed by atoms with van der Waals surface area (Å²) in [6.07, 6.45) is -1.53. The van der Waals surface area contributed by atoms with Gasteiger partial charge in [-0.05, 0) is 46.4 Å². The van der Waals surface area contributed by atoms with E-state index >= 15 is 0 Å². The molecule has 1 aliphatic rings. The summed E-state index contributed by atoms with van der Waals surface area (Å²) < 4.78 is 42.4. The topological polar surface area (TPSA) is 89.5 Å². The van der Waals surface area contributed by atoms with Crippen molar-refractivity contribution in [2.24, 2.45) is 7.05 Å². The fourth-order valence-corrected chi connectivity index (χ4v) is 3.83. The molecule has 1 aromatic heterocycles. The summed E-state index contributed by atoms with van der Waals surface area (Å²) in [6, 6.07) is 8.57. The molecule has 0 spiro atoms. The van der Waals surface area contributed by atoms with E-state index in [1.807, 2.05) is 13.0 Å². The van der Waals surface area contributed by atoms with Crippen molar-refractivity contribution in [2.45, 2.75) is 32.0 Å². The summed E-state index contributed by atoms with van der Waals surface area (Å²) in [5, 5.41) is 16.9. The van der Waals surface area contributed by atoms with Crippen LogP contribution in [0.5, 0.6) is 0 Å². The van der Waals surface area contributed by atoms with Gasteiger partial charge in [0.2, 0.25) is 0 Å². The first-order chi connectivity index (χ1) is 15.1. The molecule has 0 unspecified atom stereocenters. The Morgan fingerprint density at radius 3 is 2.69 bits per heavy atom. The van der Waals surface area contributed by atoms with Crippen LogP contribution < -0.4 is 10.00 Å². The van der Waals surface area contributed by atoms with E-state index in [-0.39, 0.29) is 23.6 Å². The second kappa shape index (κ2) is 7.67. The molecule has 1 aliphatic heterocycles. The third kappa shape index (κ3) is 3.77. The Morgan fingerprint density at radius 1 is 1.31 bits per heavy atom. The molecule has 2 heterocycles. The molecule has 0 fully saturated rings. The zero-order valence-electron chi connectivity index (χ0n) is 17.1. The normalized spacial score (nSPS) is 14.3. The molecule has 0 bridgehead atoms. The van der Waals surface area contributed by atoms with Crippen molar-refractivity contribution in [3.05, 3.63) is 76.4 Å². The van der Waals surface area contributed by atoms with Crippen LogP contribution in [0, 0.1) is 6.33 Å². The number of fused-ring (bicyclic) bond motifs is 1. The van der Waals surface area contributed by atoms with Crippen molar-refractivity contribution in [2.75, 3.05) is 4.90 Å². The number of hydrogen-bond donors (Lipinski definition) is 1. The number of aromatic carboxylic acids is 1. The quantitative estimate of drug-likeness (QED) is 0.655. The van der Waals surface area contributed by atoms with E-state index in [1.54, 1.807) is 29.8 Å². The molecule has 0 saturated heterocycles. The van der Waals surface area contributed by atoms with Gasteiger partial charge in [-0.15, -0.1) is 0 Å². The second-order valence-corrected chi connectivity index (χ2v) is 7.72. The van der Waals surface area contributed by atoms with Crippen LogP contribution in [0.1, 0.15) is 56.1 Å². The Morgan fingerprint density at radius 2 is 2.06 bits per heavy atom. The molecule has 1 N–H and O–H groups in total. The maximum absolute atomic E-state index is 13.6. The van der Waals surface area contributed by atoms with Crippen molar-refractivity contribution in [1.82, 2.24) is 9.67 Å². The van der Waals surface area contributed by atoms with E-state index < -0.39 is 29.2 Å². The predicted molar refractivity (Wildman–Crippen MR) is 105 cm³/mol. The van der Waals surface area contributed by atoms with Crippen LogP contribution >= 0.6 is 0 Å². The first-order valence-corrected chi connectivity index (χ1v) is 9.71. The zero-order chi connectivity index (χ0) is 23.2. The van der Waals surface area contributed by atoms with Crippen LogP contribution in [-0.4, -0.2) is 26.6 Å². The number of aromatic nitrogens is 3. The molecule has 10 heteroatoms. The van der Waals surface area contributed by atoms with Crippen molar-refractivity contribution in [3.63, 3.8) is 0 Å². The Hall–Kier alpha value is -3.87. The molecule has 0 saturated carbocycles. The fourth-order valence-electron chi connectivity index (χ4n) is 3.83. The van der Waals surface area contributed by atoms with Gasteiger partial charge in [0, 0.05) is 17.7 Å². The van der Waals surface area contributed by atoms with Crippen LogP contribution in [0.15, 0.2) is 36.4 Å². The molecule has 3 aromatic rings. The van der Waals surface area contributed by atoms with Crippen LogP contribution in [0.3, 0.4) is 0 Å². The number of carboxylic acid groups (broad SMARTS) is 1. The van der Waals surface area contributed by atoms with Gasteiger partial charge >= 0.3 is 18.5 Å². The minimum Gasteiger partial charge on any atom is -0.478 e. The van der Waals surface area contributed by atoms with Gasteiger partial charge < -0.3 is 10.0 Å². The number of rotatable bonds is 5. The smallest absolute Gasteiger partial charge is 0.417 e. The van der Waals surface area contributed by atoms with E-state index in [0.29, 0.717) is 18.2 Å². The first kappa shape index (κ1) is 21.4. The summed E-state index contributed by atoms with van der Waals surface area (Å²) in [5.41, 5.74) is -0.840.